The smallest absolute Gasteiger partial charge is 0.267 e. The van der Waals surface area contributed by atoms with Crippen LogP contribution in [0, 0.1) is 5.82 Å². The summed E-state index contributed by atoms with van der Waals surface area (Å²) in [5.41, 5.74) is 2.70. The van der Waals surface area contributed by atoms with Crippen LogP contribution in [0.2, 0.25) is 0 Å². The maximum atomic E-state index is 13.7. The van der Waals surface area contributed by atoms with E-state index in [0.29, 0.717) is 28.5 Å². The number of likely N-dealkylation sites (tertiary alicyclic amines) is 2. The van der Waals surface area contributed by atoms with Crippen molar-refractivity contribution in [3.8, 4) is 5.75 Å². The number of piperidine rings is 2. The van der Waals surface area contributed by atoms with Gasteiger partial charge in [-0.3, -0.25) is 9.69 Å². The second-order valence-corrected chi connectivity index (χ2v) is 11.3. The molecule has 42 heavy (non-hydrogen) atoms. The zero-order chi connectivity index (χ0) is 27.6. The van der Waals surface area contributed by atoms with Crippen molar-refractivity contribution in [3.05, 3.63) is 65.8 Å². The van der Waals surface area contributed by atoms with Crippen molar-refractivity contribution < 1.29 is 23.4 Å². The van der Waals surface area contributed by atoms with Crippen LogP contribution in [0.25, 0.3) is 21.9 Å². The maximum Gasteiger partial charge on any atom is 0.267 e. The first-order chi connectivity index (χ1) is 19.4. The number of aromatic nitrogens is 1. The van der Waals surface area contributed by atoms with Crippen LogP contribution in [0.1, 0.15) is 48.7 Å². The molecule has 0 spiro atoms. The zero-order valence-corrected chi connectivity index (χ0v) is 25.3. The van der Waals surface area contributed by atoms with Gasteiger partial charge in [-0.05, 0) is 69.0 Å². The van der Waals surface area contributed by atoms with E-state index in [2.05, 4.69) is 27.0 Å². The minimum absolute atomic E-state index is 0. The van der Waals surface area contributed by atoms with Crippen LogP contribution in [-0.4, -0.2) is 76.7 Å². The molecule has 1 atom stereocenters. The molecule has 1 amide bonds. The number of benzene rings is 2. The summed E-state index contributed by atoms with van der Waals surface area (Å²) in [6.07, 6.45) is 5.01. The molecule has 0 bridgehead atoms. The van der Waals surface area contributed by atoms with E-state index < -0.39 is 0 Å². The molecular weight excluding hydrogens is 582 g/mol. The summed E-state index contributed by atoms with van der Waals surface area (Å²) in [5, 5.41) is 14.5. The van der Waals surface area contributed by atoms with Crippen LogP contribution in [0.4, 0.5) is 4.39 Å². The van der Waals surface area contributed by atoms with Gasteiger partial charge < -0.3 is 29.5 Å². The molecule has 228 valence electrons. The lowest BCUT2D eigenvalue weighted by Gasteiger charge is -2.39. The van der Waals surface area contributed by atoms with Crippen molar-refractivity contribution in [1.82, 2.24) is 20.1 Å². The van der Waals surface area contributed by atoms with Crippen LogP contribution in [0.5, 0.6) is 5.75 Å². The Morgan fingerprint density at radius 3 is 2.62 bits per heavy atom. The molecule has 0 radical (unpaired) electrons. The van der Waals surface area contributed by atoms with Gasteiger partial charge in [0, 0.05) is 66.7 Å². The van der Waals surface area contributed by atoms with E-state index in [1.165, 1.54) is 12.1 Å². The van der Waals surface area contributed by atoms with E-state index in [1.54, 1.807) is 12.3 Å². The number of carbonyl (C=O) groups excluding carboxylic acids is 1. The third-order valence-electron chi connectivity index (χ3n) is 8.44. The Labute approximate surface area is 257 Å². The molecule has 11 heteroatoms. The van der Waals surface area contributed by atoms with E-state index >= 15 is 0 Å². The number of fused-ring (bicyclic) bond motifs is 2. The Kier molecular flexibility index (Phi) is 10.8. The topological polar surface area (TPSA) is 94.0 Å². The molecule has 8 nitrogen and oxygen atoms in total. The third kappa shape index (κ3) is 7.21. The normalized spacial score (nSPS) is 18.0. The monoisotopic (exact) mass is 620 g/mol. The predicted molar refractivity (Wildman–Crippen MR) is 167 cm³/mol. The molecule has 0 unspecified atom stereocenters. The number of hydrogen-bond donors (Lipinski definition) is 3. The fraction of sp³-hybridized carbons (Fsp3) is 0.452. The number of aliphatic hydroxyl groups is 1. The average Bonchev–Trinajstić information content (AvgIpc) is 3.58. The number of furan rings is 1. The summed E-state index contributed by atoms with van der Waals surface area (Å²) < 4.78 is 25.3. The van der Waals surface area contributed by atoms with Crippen molar-refractivity contribution in [2.45, 2.75) is 57.4 Å². The van der Waals surface area contributed by atoms with Gasteiger partial charge in [-0.1, -0.05) is 6.07 Å². The number of nitrogens with one attached hydrogen (secondary N) is 2. The van der Waals surface area contributed by atoms with Crippen LogP contribution >= 0.6 is 24.8 Å². The molecule has 4 aromatic rings. The van der Waals surface area contributed by atoms with Crippen LogP contribution in [0.15, 0.2) is 53.1 Å². The van der Waals surface area contributed by atoms with E-state index in [9.17, 15) is 14.3 Å². The quantitative estimate of drug-likeness (QED) is 0.240. The third-order valence-corrected chi connectivity index (χ3v) is 8.44. The Hall–Kier alpha value is -2.82. The Morgan fingerprint density at radius 1 is 1.10 bits per heavy atom. The van der Waals surface area contributed by atoms with Gasteiger partial charge in [0.2, 0.25) is 0 Å². The van der Waals surface area contributed by atoms with E-state index in [4.69, 9.17) is 9.15 Å². The average molecular weight is 622 g/mol. The summed E-state index contributed by atoms with van der Waals surface area (Å²) in [7, 11) is 0. The molecular formula is C31H39Cl2FN4O4. The number of aliphatic hydroxyl groups excluding tert-OH is 1. The molecule has 3 N–H and O–H groups in total. The second kappa shape index (κ2) is 14.1. The number of ether oxygens (including phenoxy) is 1. The Bertz CT molecular complexity index is 1480. The number of carbonyl (C=O) groups is 1. The summed E-state index contributed by atoms with van der Waals surface area (Å²) in [6.45, 7) is 7.37. The Balaban J connectivity index is 0.00000202. The first-order valence-electron chi connectivity index (χ1n) is 14.3. The molecule has 2 saturated heterocycles. The number of aromatic amines is 1. The van der Waals surface area contributed by atoms with Crippen LogP contribution in [0.3, 0.4) is 0 Å². The van der Waals surface area contributed by atoms with Crippen molar-refractivity contribution in [1.29, 1.82) is 0 Å². The Morgan fingerprint density at radius 2 is 1.86 bits per heavy atom. The lowest BCUT2D eigenvalue weighted by Crippen LogP contribution is -2.50. The highest BCUT2D eigenvalue weighted by Gasteiger charge is 2.26. The molecule has 0 aliphatic carbocycles. The fourth-order valence-corrected chi connectivity index (χ4v) is 6.04. The highest BCUT2D eigenvalue weighted by atomic mass is 35.5. The minimum Gasteiger partial charge on any atom is -0.488 e. The molecule has 6 rings (SSSR count). The summed E-state index contributed by atoms with van der Waals surface area (Å²) in [6, 6.07) is 12.5. The van der Waals surface area contributed by atoms with E-state index in [-0.39, 0.29) is 55.3 Å². The molecule has 2 aliphatic rings. The highest BCUT2D eigenvalue weighted by Crippen LogP contribution is 2.29. The predicted octanol–water partition coefficient (Wildman–Crippen LogP) is 5.52. The molecule has 2 aromatic carbocycles. The number of hydrogen-bond acceptors (Lipinski definition) is 6. The fourth-order valence-electron chi connectivity index (χ4n) is 6.04. The minimum atomic E-state index is -0.322. The van der Waals surface area contributed by atoms with Crippen molar-refractivity contribution in [2.24, 2.45) is 0 Å². The van der Waals surface area contributed by atoms with Gasteiger partial charge in [-0.2, -0.15) is 0 Å². The van der Waals surface area contributed by atoms with Gasteiger partial charge in [-0.15, -0.1) is 24.8 Å². The molecule has 2 aromatic heterocycles. The lowest BCUT2D eigenvalue weighted by molar-refractivity contribution is 0.0497. The molecule has 2 fully saturated rings. The summed E-state index contributed by atoms with van der Waals surface area (Å²) in [5.74, 6) is 0.207. The van der Waals surface area contributed by atoms with Crippen molar-refractivity contribution in [2.75, 3.05) is 32.7 Å². The zero-order valence-electron chi connectivity index (χ0n) is 23.7. The molecule has 0 saturated carbocycles. The number of rotatable bonds is 8. The first-order valence-corrected chi connectivity index (χ1v) is 14.3. The summed E-state index contributed by atoms with van der Waals surface area (Å²) in [4.78, 5) is 21.3. The molecule has 4 heterocycles. The van der Waals surface area contributed by atoms with Gasteiger partial charge in [0.15, 0.2) is 0 Å². The number of nitrogens with zero attached hydrogens (tertiary/aromatic N) is 2. The van der Waals surface area contributed by atoms with Crippen LogP contribution < -0.4 is 10.1 Å². The van der Waals surface area contributed by atoms with Gasteiger partial charge in [-0.25, -0.2) is 4.39 Å². The second-order valence-electron chi connectivity index (χ2n) is 11.3. The largest absolute Gasteiger partial charge is 0.488 e. The van der Waals surface area contributed by atoms with Crippen molar-refractivity contribution >= 4 is 52.6 Å². The van der Waals surface area contributed by atoms with E-state index in [1.807, 2.05) is 24.3 Å². The number of halogens is 3. The standard InChI is InChI=1S/C31H37FN4O4.2ClH/c1-20(36-13-9-24(37)10-14-36)17-35-11-7-23(8-12-35)33-31(38)28-16-26-27(34-28)3-2-4-29(26)39-18-21-19-40-30-6-5-22(32)15-25(21)30;;/h2-6,15-16,19-20,23-24,34,37H,7-14,17-18H2,1H3,(H,33,38);2*1H/t20-;;/m0../s1. The van der Waals surface area contributed by atoms with Crippen LogP contribution in [-0.2, 0) is 6.61 Å². The maximum absolute atomic E-state index is 13.7. The van der Waals surface area contributed by atoms with Gasteiger partial charge in [0.25, 0.3) is 5.91 Å². The van der Waals surface area contributed by atoms with Gasteiger partial charge in [0.1, 0.15) is 29.5 Å². The lowest BCUT2D eigenvalue weighted by atomic mass is 10.0. The number of amides is 1. The summed E-state index contributed by atoms with van der Waals surface area (Å²) >= 11 is 0. The SMILES string of the molecule is C[C@@H](CN1CCC(NC(=O)c2cc3c(OCc4coc5ccc(F)cc45)cccc3[nH]2)CC1)N1CCC(O)CC1.Cl.Cl. The van der Waals surface area contributed by atoms with E-state index in [0.717, 1.165) is 74.9 Å². The van der Waals surface area contributed by atoms with Gasteiger partial charge >= 0.3 is 0 Å². The first kappa shape index (κ1) is 32.1. The molecule has 2 aliphatic heterocycles. The highest BCUT2D eigenvalue weighted by molar-refractivity contribution is 5.99. The van der Waals surface area contributed by atoms with Crippen molar-refractivity contribution in [3.63, 3.8) is 0 Å². The van der Waals surface area contributed by atoms with Gasteiger partial charge in [0.05, 0.1) is 12.4 Å². The number of H-pyrrole nitrogens is 1.